The van der Waals surface area contributed by atoms with Crippen molar-refractivity contribution in [2.75, 3.05) is 5.73 Å². The molecular weight excluding hydrogens is 186 g/mol. The average molecular weight is 205 g/mol. The largest absolute Gasteiger partial charge is 0.398 e. The maximum atomic E-state index is 6.21. The van der Waals surface area contributed by atoms with Crippen molar-refractivity contribution in [2.45, 2.75) is 46.3 Å². The van der Waals surface area contributed by atoms with E-state index in [1.807, 2.05) is 0 Å². The van der Waals surface area contributed by atoms with Gasteiger partial charge in [-0.1, -0.05) is 26.8 Å². The van der Waals surface area contributed by atoms with E-state index in [-0.39, 0.29) is 0 Å². The molecule has 1 aliphatic heterocycles. The summed E-state index contributed by atoms with van der Waals surface area (Å²) in [5.41, 5.74) is 12.4. The molecule has 15 heavy (non-hydrogen) atoms. The number of anilines is 1. The van der Waals surface area contributed by atoms with Gasteiger partial charge in [-0.25, -0.2) is 0 Å². The van der Waals surface area contributed by atoms with E-state index in [1.165, 1.54) is 22.3 Å². The summed E-state index contributed by atoms with van der Waals surface area (Å²) in [4.78, 5) is 0. The lowest BCUT2D eigenvalue weighted by atomic mass is 9.91. The van der Waals surface area contributed by atoms with Gasteiger partial charge in [0.25, 0.3) is 0 Å². The highest BCUT2D eigenvalue weighted by molar-refractivity contribution is 5.61. The first-order valence-electron chi connectivity index (χ1n) is 5.65. The minimum Gasteiger partial charge on any atom is -0.398 e. The number of nitrogens with two attached hydrogens (primary N) is 1. The van der Waals surface area contributed by atoms with Gasteiger partial charge in [0.2, 0.25) is 0 Å². The van der Waals surface area contributed by atoms with Crippen molar-refractivity contribution in [3.63, 3.8) is 0 Å². The Bertz CT molecular complexity index is 383. The molecule has 82 valence electrons. The van der Waals surface area contributed by atoms with Crippen LogP contribution in [0.1, 0.15) is 48.9 Å². The van der Waals surface area contributed by atoms with Crippen molar-refractivity contribution in [1.82, 2.24) is 0 Å². The fourth-order valence-corrected chi connectivity index (χ4v) is 2.34. The molecule has 0 aromatic heterocycles. The van der Waals surface area contributed by atoms with E-state index in [2.05, 4.69) is 26.8 Å². The Morgan fingerprint density at radius 3 is 2.73 bits per heavy atom. The summed E-state index contributed by atoms with van der Waals surface area (Å²) in [7, 11) is 0. The third-order valence-electron chi connectivity index (χ3n) is 3.20. The van der Waals surface area contributed by atoms with Crippen LogP contribution in [-0.4, -0.2) is 0 Å². The van der Waals surface area contributed by atoms with E-state index in [4.69, 9.17) is 10.5 Å². The van der Waals surface area contributed by atoms with Crippen LogP contribution in [0.2, 0.25) is 0 Å². The van der Waals surface area contributed by atoms with Gasteiger partial charge in [0.1, 0.15) is 0 Å². The van der Waals surface area contributed by atoms with Gasteiger partial charge < -0.3 is 10.5 Å². The van der Waals surface area contributed by atoms with Crippen molar-refractivity contribution < 1.29 is 4.74 Å². The fourth-order valence-electron chi connectivity index (χ4n) is 2.34. The van der Waals surface area contributed by atoms with Crippen LogP contribution in [-0.2, 0) is 24.4 Å². The topological polar surface area (TPSA) is 35.2 Å². The number of hydrogen-bond acceptors (Lipinski definition) is 2. The number of rotatable bonds is 2. The Morgan fingerprint density at radius 2 is 2.13 bits per heavy atom. The second-order valence-electron chi connectivity index (χ2n) is 4.50. The maximum absolute atomic E-state index is 6.21. The van der Waals surface area contributed by atoms with Crippen molar-refractivity contribution in [1.29, 1.82) is 0 Å². The van der Waals surface area contributed by atoms with Crippen LogP contribution in [0.3, 0.4) is 0 Å². The lowest BCUT2D eigenvalue weighted by Gasteiger charge is -2.16. The van der Waals surface area contributed by atoms with Gasteiger partial charge in [-0.05, 0) is 34.6 Å². The number of ether oxygens (including phenoxy) is 1. The zero-order chi connectivity index (χ0) is 11.0. The summed E-state index contributed by atoms with van der Waals surface area (Å²) in [5.74, 6) is 0.487. The predicted molar refractivity (Wildman–Crippen MR) is 62.8 cm³/mol. The molecule has 2 N–H and O–H groups in total. The Kier molecular flexibility index (Phi) is 2.70. The van der Waals surface area contributed by atoms with E-state index in [9.17, 15) is 0 Å². The molecule has 0 fully saturated rings. The molecular formula is C13H19NO. The molecule has 0 saturated heterocycles. The summed E-state index contributed by atoms with van der Waals surface area (Å²) in [5, 5.41) is 0. The Hall–Kier alpha value is -1.02. The van der Waals surface area contributed by atoms with E-state index in [1.54, 1.807) is 0 Å². The van der Waals surface area contributed by atoms with Crippen LogP contribution >= 0.6 is 0 Å². The lowest BCUT2D eigenvalue weighted by molar-refractivity contribution is 0.134. The van der Waals surface area contributed by atoms with Gasteiger partial charge in [-0.3, -0.25) is 0 Å². The minimum absolute atomic E-state index is 0.487. The molecule has 1 aliphatic rings. The molecule has 2 nitrogen and oxygen atoms in total. The van der Waals surface area contributed by atoms with E-state index < -0.39 is 0 Å². The second-order valence-corrected chi connectivity index (χ2v) is 4.50. The van der Waals surface area contributed by atoms with Crippen LogP contribution in [0.5, 0.6) is 0 Å². The molecule has 0 radical (unpaired) electrons. The van der Waals surface area contributed by atoms with Gasteiger partial charge in [0.05, 0.1) is 13.2 Å². The zero-order valence-corrected chi connectivity index (χ0v) is 9.76. The van der Waals surface area contributed by atoms with Crippen LogP contribution in [0.25, 0.3) is 0 Å². The molecule has 0 saturated carbocycles. The first kappa shape index (κ1) is 10.5. The van der Waals surface area contributed by atoms with E-state index in [0.29, 0.717) is 5.92 Å². The molecule has 1 aromatic rings. The fraction of sp³-hybridized carbons (Fsp3) is 0.538. The molecule has 0 unspecified atom stereocenters. The first-order valence-corrected chi connectivity index (χ1v) is 5.65. The Morgan fingerprint density at radius 1 is 1.40 bits per heavy atom. The highest BCUT2D eigenvalue weighted by Crippen LogP contribution is 2.34. The smallest absolute Gasteiger partial charge is 0.0728 e. The molecule has 1 heterocycles. The normalized spacial score (nSPS) is 14.7. The van der Waals surface area contributed by atoms with Gasteiger partial charge in [0.15, 0.2) is 0 Å². The highest BCUT2D eigenvalue weighted by atomic mass is 16.5. The average Bonchev–Trinajstić information content (AvgIpc) is 2.64. The van der Waals surface area contributed by atoms with Crippen molar-refractivity contribution in [3.05, 3.63) is 28.3 Å². The lowest BCUT2D eigenvalue weighted by Crippen LogP contribution is -2.05. The zero-order valence-electron chi connectivity index (χ0n) is 9.76. The Balaban J connectivity index is 2.61. The number of benzene rings is 1. The summed E-state index contributed by atoms with van der Waals surface area (Å²) in [6.45, 7) is 8.03. The van der Waals surface area contributed by atoms with Crippen molar-refractivity contribution in [2.24, 2.45) is 0 Å². The molecule has 0 aliphatic carbocycles. The second kappa shape index (κ2) is 3.86. The van der Waals surface area contributed by atoms with Gasteiger partial charge in [0, 0.05) is 5.69 Å². The molecule has 2 heteroatoms. The van der Waals surface area contributed by atoms with Crippen molar-refractivity contribution >= 4 is 5.69 Å². The predicted octanol–water partition coefficient (Wildman–Crippen LogP) is 2.98. The van der Waals surface area contributed by atoms with Crippen LogP contribution in [0.4, 0.5) is 5.69 Å². The van der Waals surface area contributed by atoms with Crippen LogP contribution in [0.15, 0.2) is 6.07 Å². The van der Waals surface area contributed by atoms with E-state index in [0.717, 1.165) is 25.3 Å². The monoisotopic (exact) mass is 205 g/mol. The summed E-state index contributed by atoms with van der Waals surface area (Å²) < 4.78 is 5.49. The number of hydrogen-bond donors (Lipinski definition) is 1. The van der Waals surface area contributed by atoms with Crippen LogP contribution < -0.4 is 5.73 Å². The molecule has 0 amide bonds. The summed E-state index contributed by atoms with van der Waals surface area (Å²) in [6.07, 6.45) is 0.998. The number of fused-ring (bicyclic) bond motifs is 1. The minimum atomic E-state index is 0.487. The van der Waals surface area contributed by atoms with Gasteiger partial charge in [-0.15, -0.1) is 0 Å². The standard InChI is InChI=1S/C13H19NO/c1-4-10-12-7-15-6-9(12)5-11(8(2)3)13(10)14/h5,8H,4,6-7,14H2,1-3H3. The van der Waals surface area contributed by atoms with Gasteiger partial charge >= 0.3 is 0 Å². The quantitative estimate of drug-likeness (QED) is 0.753. The van der Waals surface area contributed by atoms with Crippen molar-refractivity contribution in [3.8, 4) is 0 Å². The molecule has 0 spiro atoms. The Labute approximate surface area is 91.4 Å². The first-order chi connectivity index (χ1) is 7.15. The maximum Gasteiger partial charge on any atom is 0.0728 e. The molecule has 2 rings (SSSR count). The number of nitrogen functional groups attached to an aromatic ring is 1. The molecule has 0 bridgehead atoms. The third kappa shape index (κ3) is 1.63. The third-order valence-corrected chi connectivity index (χ3v) is 3.20. The SMILES string of the molecule is CCc1c(N)c(C(C)C)cc2c1COC2. The molecule has 1 aromatic carbocycles. The van der Waals surface area contributed by atoms with Gasteiger partial charge in [-0.2, -0.15) is 0 Å². The summed E-state index contributed by atoms with van der Waals surface area (Å²) in [6, 6.07) is 2.22. The highest BCUT2D eigenvalue weighted by Gasteiger charge is 2.20. The van der Waals surface area contributed by atoms with Crippen LogP contribution in [0, 0.1) is 0 Å². The summed E-state index contributed by atoms with van der Waals surface area (Å²) >= 11 is 0. The van der Waals surface area contributed by atoms with E-state index >= 15 is 0 Å². The molecule has 0 atom stereocenters.